The summed E-state index contributed by atoms with van der Waals surface area (Å²) in [6.07, 6.45) is 5.03. The third kappa shape index (κ3) is 3.82. The first-order valence-electron chi connectivity index (χ1n) is 9.44. The van der Waals surface area contributed by atoms with E-state index in [2.05, 4.69) is 16.9 Å². The lowest BCUT2D eigenvalue weighted by molar-refractivity contribution is -0.136. The molecular weight excluding hydrogens is 380 g/mol. The zero-order valence-electron chi connectivity index (χ0n) is 15.7. The smallest absolute Gasteiger partial charge is 0.233 e. The van der Waals surface area contributed by atoms with E-state index in [1.807, 2.05) is 4.90 Å². The van der Waals surface area contributed by atoms with E-state index in [0.717, 1.165) is 28.6 Å². The molecular formula is C19H24N4O2S2. The van der Waals surface area contributed by atoms with Crippen molar-refractivity contribution >= 4 is 45.1 Å². The van der Waals surface area contributed by atoms with Crippen molar-refractivity contribution in [2.24, 2.45) is 5.92 Å². The van der Waals surface area contributed by atoms with Gasteiger partial charge in [-0.05, 0) is 30.7 Å². The highest BCUT2D eigenvalue weighted by atomic mass is 32.2. The van der Waals surface area contributed by atoms with Gasteiger partial charge in [0.1, 0.15) is 16.2 Å². The molecule has 2 aromatic rings. The molecule has 0 N–H and O–H groups in total. The minimum Gasteiger partial charge on any atom is -0.339 e. The quantitative estimate of drug-likeness (QED) is 0.581. The Balaban J connectivity index is 1.45. The zero-order chi connectivity index (χ0) is 19.0. The fraction of sp³-hybridized carbons (Fsp3) is 0.579. The highest BCUT2D eigenvalue weighted by molar-refractivity contribution is 8.00. The minimum absolute atomic E-state index is 0.0800. The normalized spacial score (nSPS) is 20.0. The number of carbonyl (C=O) groups is 2. The summed E-state index contributed by atoms with van der Waals surface area (Å²) in [6.45, 7) is 6.36. The predicted octanol–water partition coefficient (Wildman–Crippen LogP) is 2.60. The van der Waals surface area contributed by atoms with Crippen LogP contribution in [0.25, 0.3) is 10.2 Å². The van der Waals surface area contributed by atoms with Crippen LogP contribution in [0.5, 0.6) is 0 Å². The maximum absolute atomic E-state index is 12.6. The SMILES string of the molecule is CC(=O)N1CCN(C(=O)CSc2ncnc3sc4c(c23)CC[C@@H](C)C4)CC1. The Morgan fingerprint density at radius 1 is 1.22 bits per heavy atom. The second-order valence-electron chi connectivity index (χ2n) is 7.39. The second-order valence-corrected chi connectivity index (χ2v) is 9.43. The number of fused-ring (bicyclic) bond motifs is 3. The molecule has 1 fully saturated rings. The summed E-state index contributed by atoms with van der Waals surface area (Å²) < 4.78 is 0. The van der Waals surface area contributed by atoms with Crippen molar-refractivity contribution in [3.05, 3.63) is 16.8 Å². The number of hydrogen-bond acceptors (Lipinski definition) is 6. The molecule has 3 heterocycles. The average Bonchev–Trinajstić information content (AvgIpc) is 3.04. The Hall–Kier alpha value is -1.67. The van der Waals surface area contributed by atoms with Crippen LogP contribution in [0, 0.1) is 5.92 Å². The van der Waals surface area contributed by atoms with Gasteiger partial charge >= 0.3 is 0 Å². The molecule has 0 saturated carbocycles. The molecule has 8 heteroatoms. The first-order valence-corrected chi connectivity index (χ1v) is 11.2. The van der Waals surface area contributed by atoms with E-state index in [9.17, 15) is 9.59 Å². The maximum Gasteiger partial charge on any atom is 0.233 e. The summed E-state index contributed by atoms with van der Waals surface area (Å²) in [4.78, 5) is 39.2. The number of aromatic nitrogens is 2. The molecule has 1 atom stereocenters. The van der Waals surface area contributed by atoms with Crippen molar-refractivity contribution in [1.29, 1.82) is 0 Å². The Kier molecular flexibility index (Phi) is 5.36. The van der Waals surface area contributed by atoms with Crippen LogP contribution in [0.2, 0.25) is 0 Å². The van der Waals surface area contributed by atoms with Crippen LogP contribution in [0.4, 0.5) is 0 Å². The van der Waals surface area contributed by atoms with Gasteiger partial charge in [0.2, 0.25) is 11.8 Å². The first kappa shape index (κ1) is 18.7. The standard InChI is InChI=1S/C19H24N4O2S2/c1-12-3-4-14-15(9-12)27-19-17(14)18(20-11-21-19)26-10-16(25)23-7-5-22(6-8-23)13(2)24/h11-12H,3-10H2,1-2H3/t12-/m1/s1. The van der Waals surface area contributed by atoms with E-state index >= 15 is 0 Å². The summed E-state index contributed by atoms with van der Waals surface area (Å²) in [6, 6.07) is 0. The van der Waals surface area contributed by atoms with Gasteiger partial charge in [-0.1, -0.05) is 18.7 Å². The topological polar surface area (TPSA) is 66.4 Å². The molecule has 27 heavy (non-hydrogen) atoms. The van der Waals surface area contributed by atoms with Crippen LogP contribution in [-0.2, 0) is 22.4 Å². The number of nitrogens with zero attached hydrogens (tertiary/aromatic N) is 4. The fourth-order valence-electron chi connectivity index (χ4n) is 3.85. The van der Waals surface area contributed by atoms with E-state index in [4.69, 9.17) is 0 Å². The van der Waals surface area contributed by atoms with Gasteiger partial charge in [-0.25, -0.2) is 9.97 Å². The molecule has 1 aliphatic heterocycles. The van der Waals surface area contributed by atoms with E-state index in [1.165, 1.54) is 34.0 Å². The van der Waals surface area contributed by atoms with Crippen molar-refractivity contribution in [3.63, 3.8) is 0 Å². The van der Waals surface area contributed by atoms with Crippen LogP contribution in [-0.4, -0.2) is 63.5 Å². The van der Waals surface area contributed by atoms with Crippen LogP contribution in [0.15, 0.2) is 11.4 Å². The van der Waals surface area contributed by atoms with Crippen molar-refractivity contribution < 1.29 is 9.59 Å². The predicted molar refractivity (Wildman–Crippen MR) is 108 cm³/mol. The number of hydrogen-bond donors (Lipinski definition) is 0. The van der Waals surface area contributed by atoms with Crippen molar-refractivity contribution in [1.82, 2.24) is 19.8 Å². The van der Waals surface area contributed by atoms with Crippen molar-refractivity contribution in [3.8, 4) is 0 Å². The lowest BCUT2D eigenvalue weighted by Gasteiger charge is -2.34. The lowest BCUT2D eigenvalue weighted by Crippen LogP contribution is -2.50. The molecule has 144 valence electrons. The van der Waals surface area contributed by atoms with Crippen LogP contribution in [0.3, 0.4) is 0 Å². The van der Waals surface area contributed by atoms with E-state index in [1.54, 1.807) is 29.5 Å². The average molecular weight is 405 g/mol. The van der Waals surface area contributed by atoms with Gasteiger partial charge in [0, 0.05) is 43.4 Å². The lowest BCUT2D eigenvalue weighted by atomic mass is 9.89. The summed E-state index contributed by atoms with van der Waals surface area (Å²) >= 11 is 3.31. The molecule has 1 saturated heterocycles. The van der Waals surface area contributed by atoms with Crippen molar-refractivity contribution in [2.75, 3.05) is 31.9 Å². The Bertz CT molecular complexity index is 874. The van der Waals surface area contributed by atoms with Crippen molar-refractivity contribution in [2.45, 2.75) is 38.1 Å². The third-order valence-corrected chi connectivity index (χ3v) is 7.60. The van der Waals surface area contributed by atoms with Gasteiger partial charge < -0.3 is 9.80 Å². The number of amides is 2. The van der Waals surface area contributed by atoms with Gasteiger partial charge in [0.15, 0.2) is 0 Å². The first-order chi connectivity index (χ1) is 13.0. The minimum atomic E-state index is 0.0800. The van der Waals surface area contributed by atoms with E-state index in [0.29, 0.717) is 31.9 Å². The van der Waals surface area contributed by atoms with Crippen LogP contribution in [0.1, 0.15) is 30.7 Å². The van der Waals surface area contributed by atoms with Crippen LogP contribution < -0.4 is 0 Å². The summed E-state index contributed by atoms with van der Waals surface area (Å²) in [5.74, 6) is 1.31. The summed E-state index contributed by atoms with van der Waals surface area (Å²) in [5, 5.41) is 2.10. The number of carbonyl (C=O) groups excluding carboxylic acids is 2. The molecule has 2 aromatic heterocycles. The monoisotopic (exact) mass is 404 g/mol. The molecule has 0 spiro atoms. The molecule has 0 radical (unpaired) electrons. The number of piperazine rings is 1. The number of rotatable bonds is 3. The largest absolute Gasteiger partial charge is 0.339 e. The highest BCUT2D eigenvalue weighted by Crippen LogP contribution is 2.40. The molecule has 0 bridgehead atoms. The zero-order valence-corrected chi connectivity index (χ0v) is 17.4. The second kappa shape index (κ2) is 7.75. The number of thiophene rings is 1. The third-order valence-electron chi connectivity index (χ3n) is 5.47. The number of thioether (sulfide) groups is 1. The van der Waals surface area contributed by atoms with E-state index in [-0.39, 0.29) is 11.8 Å². The molecule has 6 nitrogen and oxygen atoms in total. The molecule has 2 aliphatic rings. The van der Waals surface area contributed by atoms with Gasteiger partial charge in [-0.2, -0.15) is 0 Å². The van der Waals surface area contributed by atoms with Gasteiger partial charge in [-0.15, -0.1) is 11.3 Å². The molecule has 4 rings (SSSR count). The summed E-state index contributed by atoms with van der Waals surface area (Å²) in [5.41, 5.74) is 1.40. The van der Waals surface area contributed by atoms with E-state index < -0.39 is 0 Å². The summed E-state index contributed by atoms with van der Waals surface area (Å²) in [7, 11) is 0. The Labute approximate surface area is 167 Å². The number of aryl methyl sites for hydroxylation is 1. The maximum atomic E-state index is 12.6. The Morgan fingerprint density at radius 2 is 1.96 bits per heavy atom. The van der Waals surface area contributed by atoms with Gasteiger partial charge in [0.25, 0.3) is 0 Å². The molecule has 1 aliphatic carbocycles. The molecule has 0 unspecified atom stereocenters. The Morgan fingerprint density at radius 3 is 2.70 bits per heavy atom. The molecule has 0 aromatic carbocycles. The molecule has 2 amide bonds. The fourth-order valence-corrected chi connectivity index (χ4v) is 6.19. The van der Waals surface area contributed by atoms with Gasteiger partial charge in [0.05, 0.1) is 5.75 Å². The highest BCUT2D eigenvalue weighted by Gasteiger charge is 2.25. The van der Waals surface area contributed by atoms with Gasteiger partial charge in [-0.3, -0.25) is 9.59 Å². The van der Waals surface area contributed by atoms with Crippen LogP contribution >= 0.6 is 23.1 Å².